The topological polar surface area (TPSA) is 21.3 Å². The quantitative estimate of drug-likeness (QED) is 0.690. The largest absolute Gasteiger partial charge is 0.381 e. The molecular formula is C16H26FNO. The fraction of sp³-hybridized carbons (Fsp3) is 0.625. The van der Waals surface area contributed by atoms with Crippen LogP contribution >= 0.6 is 0 Å². The number of halogens is 1. The van der Waals surface area contributed by atoms with Crippen molar-refractivity contribution in [3.63, 3.8) is 0 Å². The van der Waals surface area contributed by atoms with Crippen LogP contribution in [0, 0.1) is 11.7 Å². The van der Waals surface area contributed by atoms with Gasteiger partial charge in [0.15, 0.2) is 0 Å². The molecule has 108 valence electrons. The Hall–Kier alpha value is -0.930. The van der Waals surface area contributed by atoms with Gasteiger partial charge in [-0.1, -0.05) is 26.0 Å². The highest BCUT2D eigenvalue weighted by molar-refractivity contribution is 5.20. The van der Waals surface area contributed by atoms with Gasteiger partial charge in [0.2, 0.25) is 0 Å². The number of benzene rings is 1. The van der Waals surface area contributed by atoms with Gasteiger partial charge in [-0.05, 0) is 49.4 Å². The molecule has 0 aromatic heterocycles. The van der Waals surface area contributed by atoms with E-state index in [1.807, 2.05) is 19.2 Å². The normalized spacial score (nSPS) is 12.9. The summed E-state index contributed by atoms with van der Waals surface area (Å²) in [5.74, 6) is 0.884. The van der Waals surface area contributed by atoms with Crippen molar-refractivity contribution < 1.29 is 9.13 Å². The second kappa shape index (κ2) is 9.05. The predicted octanol–water partition coefficient (Wildman–Crippen LogP) is 3.58. The van der Waals surface area contributed by atoms with Crippen molar-refractivity contribution in [2.24, 2.45) is 5.92 Å². The zero-order valence-corrected chi connectivity index (χ0v) is 12.3. The van der Waals surface area contributed by atoms with Crippen LogP contribution in [0.3, 0.4) is 0 Å². The van der Waals surface area contributed by atoms with Gasteiger partial charge < -0.3 is 10.1 Å². The maximum atomic E-state index is 12.9. The summed E-state index contributed by atoms with van der Waals surface area (Å²) < 4.78 is 18.6. The maximum absolute atomic E-state index is 12.9. The molecular weight excluding hydrogens is 241 g/mol. The number of hydrogen-bond donors (Lipinski definition) is 1. The summed E-state index contributed by atoms with van der Waals surface area (Å²) in [5.41, 5.74) is 1.17. The molecule has 3 heteroatoms. The van der Waals surface area contributed by atoms with Crippen molar-refractivity contribution in [2.75, 3.05) is 26.8 Å². The van der Waals surface area contributed by atoms with Crippen LogP contribution in [0.25, 0.3) is 0 Å². The van der Waals surface area contributed by atoms with E-state index in [4.69, 9.17) is 4.74 Å². The second-order valence-electron chi connectivity index (χ2n) is 5.39. The Balaban J connectivity index is 2.38. The Morgan fingerprint density at radius 3 is 2.32 bits per heavy atom. The smallest absolute Gasteiger partial charge is 0.123 e. The fourth-order valence-electron chi connectivity index (χ4n) is 2.01. The van der Waals surface area contributed by atoms with E-state index in [1.54, 1.807) is 0 Å². The SMILES string of the molecule is CNCC(CCOCCC(C)C)c1ccc(F)cc1. The van der Waals surface area contributed by atoms with Crippen LogP contribution in [0.5, 0.6) is 0 Å². The third-order valence-electron chi connectivity index (χ3n) is 3.24. The lowest BCUT2D eigenvalue weighted by Crippen LogP contribution is -2.19. The van der Waals surface area contributed by atoms with E-state index in [2.05, 4.69) is 19.2 Å². The van der Waals surface area contributed by atoms with Crippen LogP contribution in [0.4, 0.5) is 4.39 Å². The molecule has 1 aromatic rings. The number of ether oxygens (including phenoxy) is 1. The first kappa shape index (κ1) is 16.1. The van der Waals surface area contributed by atoms with Crippen LogP contribution in [-0.2, 0) is 4.74 Å². The van der Waals surface area contributed by atoms with Gasteiger partial charge in [0.25, 0.3) is 0 Å². The second-order valence-corrected chi connectivity index (χ2v) is 5.39. The van der Waals surface area contributed by atoms with Crippen molar-refractivity contribution in [1.82, 2.24) is 5.32 Å². The fourth-order valence-corrected chi connectivity index (χ4v) is 2.01. The van der Waals surface area contributed by atoms with Gasteiger partial charge in [-0.15, -0.1) is 0 Å². The maximum Gasteiger partial charge on any atom is 0.123 e. The molecule has 0 amide bonds. The Bertz CT molecular complexity index is 337. The van der Waals surface area contributed by atoms with E-state index in [0.717, 1.165) is 32.6 Å². The molecule has 0 bridgehead atoms. The molecule has 1 unspecified atom stereocenters. The molecule has 1 atom stereocenters. The molecule has 0 heterocycles. The molecule has 2 nitrogen and oxygen atoms in total. The molecule has 1 aromatic carbocycles. The van der Waals surface area contributed by atoms with Crippen LogP contribution in [0.2, 0.25) is 0 Å². The number of nitrogens with one attached hydrogen (secondary N) is 1. The van der Waals surface area contributed by atoms with Crippen molar-refractivity contribution in [2.45, 2.75) is 32.6 Å². The van der Waals surface area contributed by atoms with Crippen LogP contribution in [0.1, 0.15) is 38.2 Å². The lowest BCUT2D eigenvalue weighted by molar-refractivity contribution is 0.117. The van der Waals surface area contributed by atoms with E-state index < -0.39 is 0 Å². The zero-order chi connectivity index (χ0) is 14.1. The van der Waals surface area contributed by atoms with Gasteiger partial charge in [-0.25, -0.2) is 4.39 Å². The van der Waals surface area contributed by atoms with Gasteiger partial charge in [-0.3, -0.25) is 0 Å². The Morgan fingerprint density at radius 2 is 1.74 bits per heavy atom. The summed E-state index contributed by atoms with van der Waals surface area (Å²) in [4.78, 5) is 0. The highest BCUT2D eigenvalue weighted by atomic mass is 19.1. The van der Waals surface area contributed by atoms with Gasteiger partial charge in [0, 0.05) is 19.8 Å². The predicted molar refractivity (Wildman–Crippen MR) is 78.0 cm³/mol. The summed E-state index contributed by atoms with van der Waals surface area (Å²) in [6.07, 6.45) is 2.07. The minimum atomic E-state index is -0.180. The summed E-state index contributed by atoms with van der Waals surface area (Å²) in [6.45, 7) is 6.88. The molecule has 19 heavy (non-hydrogen) atoms. The molecule has 0 fully saturated rings. The monoisotopic (exact) mass is 267 g/mol. The van der Waals surface area contributed by atoms with Crippen molar-refractivity contribution in [3.8, 4) is 0 Å². The van der Waals surface area contributed by atoms with Crippen LogP contribution in [0.15, 0.2) is 24.3 Å². The van der Waals surface area contributed by atoms with Crippen molar-refractivity contribution in [1.29, 1.82) is 0 Å². The van der Waals surface area contributed by atoms with Crippen molar-refractivity contribution >= 4 is 0 Å². The average molecular weight is 267 g/mol. The number of rotatable bonds is 9. The molecule has 1 N–H and O–H groups in total. The van der Waals surface area contributed by atoms with Crippen LogP contribution in [-0.4, -0.2) is 26.8 Å². The Labute approximate surface area is 116 Å². The standard InChI is InChI=1S/C16H26FNO/c1-13(2)8-10-19-11-9-15(12-18-3)14-4-6-16(17)7-5-14/h4-7,13,15,18H,8-12H2,1-3H3. The van der Waals surface area contributed by atoms with E-state index >= 15 is 0 Å². The molecule has 0 saturated heterocycles. The van der Waals surface area contributed by atoms with Gasteiger partial charge in [0.05, 0.1) is 0 Å². The lowest BCUT2D eigenvalue weighted by Gasteiger charge is -2.17. The molecule has 0 radical (unpaired) electrons. The first-order valence-electron chi connectivity index (χ1n) is 7.11. The van der Waals surface area contributed by atoms with E-state index in [-0.39, 0.29) is 5.82 Å². The van der Waals surface area contributed by atoms with E-state index in [1.165, 1.54) is 17.7 Å². The molecule has 0 aliphatic rings. The summed E-state index contributed by atoms with van der Waals surface area (Å²) in [5, 5.41) is 3.19. The molecule has 0 aliphatic carbocycles. The third kappa shape index (κ3) is 6.69. The lowest BCUT2D eigenvalue weighted by atomic mass is 9.96. The highest BCUT2D eigenvalue weighted by Gasteiger charge is 2.10. The minimum Gasteiger partial charge on any atom is -0.381 e. The number of hydrogen-bond acceptors (Lipinski definition) is 2. The summed E-state index contributed by atoms with van der Waals surface area (Å²) in [6, 6.07) is 6.78. The summed E-state index contributed by atoms with van der Waals surface area (Å²) >= 11 is 0. The van der Waals surface area contributed by atoms with E-state index in [9.17, 15) is 4.39 Å². The summed E-state index contributed by atoms with van der Waals surface area (Å²) in [7, 11) is 1.94. The van der Waals surface area contributed by atoms with Gasteiger partial charge >= 0.3 is 0 Å². The average Bonchev–Trinajstić information content (AvgIpc) is 2.38. The van der Waals surface area contributed by atoms with Gasteiger partial charge in [-0.2, -0.15) is 0 Å². The molecule has 0 aliphatic heterocycles. The van der Waals surface area contributed by atoms with E-state index in [0.29, 0.717) is 11.8 Å². The van der Waals surface area contributed by atoms with Gasteiger partial charge in [0.1, 0.15) is 5.82 Å². The highest BCUT2D eigenvalue weighted by Crippen LogP contribution is 2.19. The molecule has 0 spiro atoms. The first-order valence-corrected chi connectivity index (χ1v) is 7.11. The Kier molecular flexibility index (Phi) is 7.68. The van der Waals surface area contributed by atoms with Crippen molar-refractivity contribution in [3.05, 3.63) is 35.6 Å². The molecule has 0 saturated carbocycles. The third-order valence-corrected chi connectivity index (χ3v) is 3.24. The minimum absolute atomic E-state index is 0.180. The number of likely N-dealkylation sites (N-methyl/N-ethyl adjacent to an activating group) is 1. The van der Waals surface area contributed by atoms with Crippen LogP contribution < -0.4 is 5.32 Å². The first-order chi connectivity index (χ1) is 9.13. The molecule has 1 rings (SSSR count). The zero-order valence-electron chi connectivity index (χ0n) is 12.3. The Morgan fingerprint density at radius 1 is 1.11 bits per heavy atom.